The van der Waals surface area contributed by atoms with Crippen molar-refractivity contribution in [3.63, 3.8) is 0 Å². The van der Waals surface area contributed by atoms with E-state index in [1.807, 2.05) is 26.0 Å². The Balaban J connectivity index is 1.87. The number of nitrogens with zero attached hydrogens (tertiary/aromatic N) is 1. The molecule has 28 heavy (non-hydrogen) atoms. The molecule has 2 N–H and O–H groups in total. The molecule has 0 spiro atoms. The summed E-state index contributed by atoms with van der Waals surface area (Å²) in [6.45, 7) is 4.49. The van der Waals surface area contributed by atoms with E-state index in [0.29, 0.717) is 42.9 Å². The molecule has 2 aliphatic carbocycles. The Kier molecular flexibility index (Phi) is 6.57. The Morgan fingerprint density at radius 1 is 1.14 bits per heavy atom. The maximum Gasteiger partial charge on any atom is 0.271 e. The molecule has 2 aliphatic rings. The predicted octanol–water partition coefficient (Wildman–Crippen LogP) is 3.56. The summed E-state index contributed by atoms with van der Waals surface area (Å²) in [6, 6.07) is 3.89. The van der Waals surface area contributed by atoms with Gasteiger partial charge in [-0.25, -0.2) is 4.98 Å². The fourth-order valence-corrected chi connectivity index (χ4v) is 4.09. The highest BCUT2D eigenvalue weighted by atomic mass is 16.5. The predicted molar refractivity (Wildman–Crippen MR) is 109 cm³/mol. The van der Waals surface area contributed by atoms with E-state index in [-0.39, 0.29) is 11.8 Å². The largest absolute Gasteiger partial charge is 0.477 e. The van der Waals surface area contributed by atoms with Gasteiger partial charge in [0.15, 0.2) is 0 Å². The lowest BCUT2D eigenvalue weighted by Crippen LogP contribution is -2.57. The lowest BCUT2D eigenvalue weighted by Gasteiger charge is -2.31. The van der Waals surface area contributed by atoms with Crippen LogP contribution >= 0.6 is 0 Å². The molecular formula is C22H33N3O3. The Labute approximate surface area is 167 Å². The quantitative estimate of drug-likeness (QED) is 0.679. The minimum atomic E-state index is -0.925. The summed E-state index contributed by atoms with van der Waals surface area (Å²) in [7, 11) is 1.60. The molecule has 6 heteroatoms. The number of hydrogen-bond acceptors (Lipinski definition) is 4. The summed E-state index contributed by atoms with van der Waals surface area (Å²) in [6.07, 6.45) is 7.95. The summed E-state index contributed by atoms with van der Waals surface area (Å²) in [5, 5.41) is 5.68. The first-order chi connectivity index (χ1) is 13.5. The number of pyridine rings is 1. The van der Waals surface area contributed by atoms with Gasteiger partial charge >= 0.3 is 0 Å². The van der Waals surface area contributed by atoms with Crippen LogP contribution in [-0.4, -0.2) is 36.0 Å². The first-order valence-electron chi connectivity index (χ1n) is 10.7. The minimum absolute atomic E-state index is 0.172. The number of carbonyl (C=O) groups is 2. The topological polar surface area (TPSA) is 80.3 Å². The van der Waals surface area contributed by atoms with Crippen molar-refractivity contribution in [2.24, 2.45) is 5.92 Å². The summed E-state index contributed by atoms with van der Waals surface area (Å²) in [5.74, 6) is 1.01. The number of likely N-dealkylation sites (N-methyl/N-ethyl adjacent to an activating group) is 1. The van der Waals surface area contributed by atoms with Gasteiger partial charge in [0.05, 0.1) is 6.61 Å². The van der Waals surface area contributed by atoms with Crippen LogP contribution < -0.4 is 15.4 Å². The van der Waals surface area contributed by atoms with Gasteiger partial charge in [-0.1, -0.05) is 32.8 Å². The molecule has 0 radical (unpaired) electrons. The number of ether oxygens (including phenoxy) is 1. The number of rotatable bonds is 9. The number of amides is 2. The first kappa shape index (κ1) is 20.6. The van der Waals surface area contributed by atoms with E-state index in [0.717, 1.165) is 18.4 Å². The van der Waals surface area contributed by atoms with E-state index in [9.17, 15) is 9.59 Å². The Morgan fingerprint density at radius 3 is 2.39 bits per heavy atom. The van der Waals surface area contributed by atoms with Crippen LogP contribution in [-0.2, 0) is 4.79 Å². The van der Waals surface area contributed by atoms with Gasteiger partial charge in [-0.2, -0.15) is 0 Å². The van der Waals surface area contributed by atoms with E-state index in [2.05, 4.69) is 15.6 Å². The second-order valence-corrected chi connectivity index (χ2v) is 8.15. The molecule has 0 atom stereocenters. The zero-order chi connectivity index (χ0) is 20.1. The molecule has 3 rings (SSSR count). The molecule has 2 fully saturated rings. The van der Waals surface area contributed by atoms with Gasteiger partial charge in [0, 0.05) is 13.1 Å². The van der Waals surface area contributed by atoms with E-state index < -0.39 is 5.54 Å². The molecule has 154 valence electrons. The second-order valence-electron chi connectivity index (χ2n) is 8.15. The number of hydrogen-bond donors (Lipinski definition) is 2. The van der Waals surface area contributed by atoms with Crippen LogP contribution in [0.1, 0.15) is 87.2 Å². The van der Waals surface area contributed by atoms with E-state index in [1.165, 1.54) is 25.7 Å². The van der Waals surface area contributed by atoms with Crippen molar-refractivity contribution >= 4 is 11.8 Å². The van der Waals surface area contributed by atoms with Gasteiger partial charge in [0.25, 0.3) is 5.91 Å². The van der Waals surface area contributed by atoms with E-state index >= 15 is 0 Å². The van der Waals surface area contributed by atoms with Crippen molar-refractivity contribution in [2.75, 3.05) is 13.7 Å². The molecule has 6 nitrogen and oxygen atoms in total. The van der Waals surface area contributed by atoms with E-state index in [1.54, 1.807) is 7.05 Å². The summed E-state index contributed by atoms with van der Waals surface area (Å²) >= 11 is 0. The van der Waals surface area contributed by atoms with Gasteiger partial charge in [-0.15, -0.1) is 0 Å². The number of carbonyl (C=O) groups excluding carboxylic acids is 2. The first-order valence-corrected chi connectivity index (χ1v) is 10.7. The molecule has 0 aliphatic heterocycles. The van der Waals surface area contributed by atoms with Crippen LogP contribution in [0.5, 0.6) is 5.88 Å². The van der Waals surface area contributed by atoms with Crippen molar-refractivity contribution in [3.8, 4) is 5.88 Å². The maximum atomic E-state index is 13.3. The van der Waals surface area contributed by atoms with Crippen molar-refractivity contribution in [1.29, 1.82) is 0 Å². The highest BCUT2D eigenvalue weighted by molar-refractivity contribution is 5.99. The average Bonchev–Trinajstić information content (AvgIpc) is 3.40. The van der Waals surface area contributed by atoms with Crippen LogP contribution in [0.15, 0.2) is 12.1 Å². The zero-order valence-electron chi connectivity index (χ0n) is 17.3. The normalized spacial score (nSPS) is 17.4. The summed E-state index contributed by atoms with van der Waals surface area (Å²) in [4.78, 5) is 30.3. The van der Waals surface area contributed by atoms with Crippen molar-refractivity contribution in [1.82, 2.24) is 15.6 Å². The molecule has 1 aromatic rings. The highest BCUT2D eigenvalue weighted by Crippen LogP contribution is 2.36. The van der Waals surface area contributed by atoms with E-state index in [4.69, 9.17) is 4.74 Å². The Morgan fingerprint density at radius 2 is 1.82 bits per heavy atom. The third-order valence-electron chi connectivity index (χ3n) is 6.30. The smallest absolute Gasteiger partial charge is 0.271 e. The van der Waals surface area contributed by atoms with Crippen LogP contribution in [0.25, 0.3) is 0 Å². The van der Waals surface area contributed by atoms with Gasteiger partial charge in [-0.05, 0) is 55.9 Å². The third kappa shape index (κ3) is 4.47. The molecule has 2 amide bonds. The third-order valence-corrected chi connectivity index (χ3v) is 6.30. The molecule has 0 aromatic carbocycles. The lowest BCUT2D eigenvalue weighted by molar-refractivity contribution is -0.127. The van der Waals surface area contributed by atoms with Crippen LogP contribution in [0.2, 0.25) is 0 Å². The van der Waals surface area contributed by atoms with Gasteiger partial charge < -0.3 is 15.4 Å². The van der Waals surface area contributed by atoms with Crippen molar-refractivity contribution in [2.45, 2.75) is 76.7 Å². The molecule has 1 aromatic heterocycles. The van der Waals surface area contributed by atoms with Crippen LogP contribution in [0.4, 0.5) is 0 Å². The Bertz CT molecular complexity index is 705. The van der Waals surface area contributed by atoms with Crippen LogP contribution in [0.3, 0.4) is 0 Å². The van der Waals surface area contributed by atoms with Crippen molar-refractivity contribution in [3.05, 3.63) is 23.4 Å². The van der Waals surface area contributed by atoms with Crippen LogP contribution in [0, 0.1) is 5.92 Å². The zero-order valence-corrected chi connectivity index (χ0v) is 17.3. The fourth-order valence-electron chi connectivity index (χ4n) is 4.09. The molecule has 1 heterocycles. The molecule has 2 saturated carbocycles. The van der Waals surface area contributed by atoms with Gasteiger partial charge in [0.1, 0.15) is 11.2 Å². The second kappa shape index (κ2) is 8.93. The fraction of sp³-hybridized carbons (Fsp3) is 0.682. The maximum absolute atomic E-state index is 13.3. The monoisotopic (exact) mass is 387 g/mol. The van der Waals surface area contributed by atoms with Gasteiger partial charge in [0.2, 0.25) is 11.8 Å². The molecule has 0 unspecified atom stereocenters. The standard InChI is InChI=1S/C22H33N3O3/c1-4-22(5-2,21(27)23-3)25-20(26)19-17(16-8-6-7-9-16)12-13-18(24-19)28-14-15-10-11-15/h12-13,15-16H,4-11,14H2,1-3H3,(H,23,27)(H,25,26). The summed E-state index contributed by atoms with van der Waals surface area (Å²) < 4.78 is 5.82. The molecule has 0 saturated heterocycles. The minimum Gasteiger partial charge on any atom is -0.477 e. The number of aromatic nitrogens is 1. The average molecular weight is 388 g/mol. The van der Waals surface area contributed by atoms with Gasteiger partial charge in [-0.3, -0.25) is 9.59 Å². The SMILES string of the molecule is CCC(CC)(NC(=O)c1nc(OCC2CC2)ccc1C1CCCC1)C(=O)NC. The lowest BCUT2D eigenvalue weighted by atomic mass is 9.90. The molecular weight excluding hydrogens is 354 g/mol. The highest BCUT2D eigenvalue weighted by Gasteiger charge is 2.37. The Hall–Kier alpha value is -2.11. The molecule has 0 bridgehead atoms. The summed E-state index contributed by atoms with van der Waals surface area (Å²) in [5.41, 5.74) is 0.466. The van der Waals surface area contributed by atoms with Crippen molar-refractivity contribution < 1.29 is 14.3 Å². The number of nitrogens with one attached hydrogen (secondary N) is 2.